The lowest BCUT2D eigenvalue weighted by Crippen LogP contribution is -2.29. The van der Waals surface area contributed by atoms with Crippen molar-refractivity contribution in [1.29, 1.82) is 0 Å². The van der Waals surface area contributed by atoms with Crippen molar-refractivity contribution in [3.63, 3.8) is 0 Å². The Hall–Kier alpha value is -2.72. The summed E-state index contributed by atoms with van der Waals surface area (Å²) in [6.45, 7) is 0. The van der Waals surface area contributed by atoms with Crippen molar-refractivity contribution in [2.24, 2.45) is 0 Å². The molecule has 10 heteroatoms. The van der Waals surface area contributed by atoms with Gasteiger partial charge in [-0.05, 0) is 24.4 Å². The highest BCUT2D eigenvalue weighted by Gasteiger charge is 2.29. The van der Waals surface area contributed by atoms with Crippen LogP contribution in [0.3, 0.4) is 0 Å². The molecule has 0 amide bonds. The normalized spacial score (nSPS) is 14.2. The van der Waals surface area contributed by atoms with Crippen LogP contribution in [-0.4, -0.2) is 41.9 Å². The summed E-state index contributed by atoms with van der Waals surface area (Å²) in [5, 5.41) is 23.4. The number of rotatable bonds is 4. The predicted molar refractivity (Wildman–Crippen MR) is 82.1 cm³/mol. The first kappa shape index (κ1) is 13.9. The maximum atomic E-state index is 9.23. The summed E-state index contributed by atoms with van der Waals surface area (Å²) in [5.74, 6) is 0.707. The van der Waals surface area contributed by atoms with Crippen LogP contribution in [0.4, 0.5) is 5.82 Å². The molecule has 1 saturated carbocycles. The van der Waals surface area contributed by atoms with Gasteiger partial charge in [-0.2, -0.15) is 0 Å². The van der Waals surface area contributed by atoms with Crippen molar-refractivity contribution in [2.75, 3.05) is 5.73 Å². The minimum Gasteiger partial charge on any atom is -0.423 e. The highest BCUT2D eigenvalue weighted by Crippen LogP contribution is 2.40. The Bertz CT molecular complexity index is 879. The Kier molecular flexibility index (Phi) is 3.13. The third-order valence-corrected chi connectivity index (χ3v) is 3.64. The topological polar surface area (TPSA) is 132 Å². The van der Waals surface area contributed by atoms with Crippen molar-refractivity contribution in [3.8, 4) is 11.8 Å². The molecule has 0 aliphatic heterocycles. The third kappa shape index (κ3) is 2.47. The van der Waals surface area contributed by atoms with Crippen LogP contribution in [0.5, 0.6) is 11.8 Å². The van der Waals surface area contributed by atoms with E-state index in [1.54, 1.807) is 4.68 Å². The molecule has 0 aromatic carbocycles. The molecule has 23 heavy (non-hydrogen) atoms. The molecule has 4 N–H and O–H groups in total. The van der Waals surface area contributed by atoms with Gasteiger partial charge in [0, 0.05) is 12.3 Å². The summed E-state index contributed by atoms with van der Waals surface area (Å²) >= 11 is 0. The van der Waals surface area contributed by atoms with Crippen molar-refractivity contribution in [2.45, 2.75) is 18.9 Å². The first-order valence-corrected chi connectivity index (χ1v) is 7.12. The Morgan fingerprint density at radius 3 is 2.83 bits per heavy atom. The Labute approximate surface area is 130 Å². The Morgan fingerprint density at radius 1 is 1.26 bits per heavy atom. The van der Waals surface area contributed by atoms with Crippen LogP contribution < -0.4 is 15.9 Å². The molecule has 1 aliphatic rings. The molecule has 3 aromatic heterocycles. The zero-order valence-corrected chi connectivity index (χ0v) is 12.0. The van der Waals surface area contributed by atoms with Crippen LogP contribution in [-0.2, 0) is 0 Å². The van der Waals surface area contributed by atoms with Gasteiger partial charge in [-0.25, -0.2) is 19.6 Å². The van der Waals surface area contributed by atoms with E-state index in [1.807, 2.05) is 0 Å². The van der Waals surface area contributed by atoms with Crippen molar-refractivity contribution in [3.05, 3.63) is 24.7 Å². The molecular weight excluding hydrogens is 299 g/mol. The van der Waals surface area contributed by atoms with E-state index < -0.39 is 7.12 Å². The SMILES string of the molecule is Nc1ncnc2c1c(Oc1cc(B(O)O)ccn1)nn2C1CC1. The van der Waals surface area contributed by atoms with Crippen LogP contribution >= 0.6 is 0 Å². The number of nitrogen functional groups attached to an aromatic ring is 1. The number of hydrogen-bond acceptors (Lipinski definition) is 8. The number of pyridine rings is 1. The number of nitrogens with zero attached hydrogens (tertiary/aromatic N) is 5. The van der Waals surface area contributed by atoms with Crippen LogP contribution in [0.15, 0.2) is 24.7 Å². The molecule has 0 atom stereocenters. The number of nitrogens with two attached hydrogens (primary N) is 1. The summed E-state index contributed by atoms with van der Waals surface area (Å²) in [5.41, 5.74) is 6.83. The minimum absolute atomic E-state index is 0.182. The summed E-state index contributed by atoms with van der Waals surface area (Å²) in [4.78, 5) is 12.3. The molecule has 4 rings (SSSR count). The van der Waals surface area contributed by atoms with Gasteiger partial charge in [-0.3, -0.25) is 0 Å². The molecule has 0 spiro atoms. The summed E-state index contributed by atoms with van der Waals surface area (Å²) < 4.78 is 7.48. The highest BCUT2D eigenvalue weighted by atomic mass is 16.5. The fraction of sp³-hybridized carbons (Fsp3) is 0.231. The molecule has 116 valence electrons. The lowest BCUT2D eigenvalue weighted by atomic mass is 9.81. The largest absolute Gasteiger partial charge is 0.488 e. The fourth-order valence-corrected chi connectivity index (χ4v) is 2.35. The first-order valence-electron chi connectivity index (χ1n) is 7.12. The van der Waals surface area contributed by atoms with E-state index >= 15 is 0 Å². The number of aromatic nitrogens is 5. The zero-order valence-electron chi connectivity index (χ0n) is 12.0. The fourth-order valence-electron chi connectivity index (χ4n) is 2.35. The second-order valence-corrected chi connectivity index (χ2v) is 5.34. The van der Waals surface area contributed by atoms with Gasteiger partial charge in [0.1, 0.15) is 17.5 Å². The average molecular weight is 312 g/mol. The van der Waals surface area contributed by atoms with Crippen LogP contribution in [0.25, 0.3) is 11.0 Å². The van der Waals surface area contributed by atoms with Gasteiger partial charge in [-0.1, -0.05) is 0 Å². The molecule has 3 aromatic rings. The smallest absolute Gasteiger partial charge is 0.423 e. The van der Waals surface area contributed by atoms with Gasteiger partial charge in [0.2, 0.25) is 5.88 Å². The lowest BCUT2D eigenvalue weighted by Gasteiger charge is -2.04. The maximum absolute atomic E-state index is 9.23. The number of ether oxygens (including phenoxy) is 1. The molecule has 0 bridgehead atoms. The van der Waals surface area contributed by atoms with E-state index in [2.05, 4.69) is 20.1 Å². The van der Waals surface area contributed by atoms with E-state index in [9.17, 15) is 10.0 Å². The monoisotopic (exact) mass is 312 g/mol. The number of anilines is 1. The lowest BCUT2D eigenvalue weighted by molar-refractivity contribution is 0.422. The first-order chi connectivity index (χ1) is 11.1. The van der Waals surface area contributed by atoms with Crippen molar-refractivity contribution < 1.29 is 14.8 Å². The van der Waals surface area contributed by atoms with Gasteiger partial charge in [0.15, 0.2) is 5.65 Å². The van der Waals surface area contributed by atoms with E-state index in [0.29, 0.717) is 17.1 Å². The molecule has 0 radical (unpaired) electrons. The molecule has 3 heterocycles. The predicted octanol–water partition coefficient (Wildman–Crippen LogP) is -0.390. The van der Waals surface area contributed by atoms with Crippen LogP contribution in [0.2, 0.25) is 0 Å². The van der Waals surface area contributed by atoms with Crippen LogP contribution in [0.1, 0.15) is 18.9 Å². The van der Waals surface area contributed by atoms with Crippen LogP contribution in [0, 0.1) is 0 Å². The second kappa shape index (κ2) is 5.18. The molecule has 9 nitrogen and oxygen atoms in total. The van der Waals surface area contributed by atoms with Crippen molar-refractivity contribution in [1.82, 2.24) is 24.7 Å². The summed E-state index contributed by atoms with van der Waals surface area (Å²) in [6, 6.07) is 3.20. The van der Waals surface area contributed by atoms with E-state index in [1.165, 1.54) is 24.7 Å². The molecular formula is C13H13BN6O3. The van der Waals surface area contributed by atoms with Gasteiger partial charge in [0.25, 0.3) is 5.88 Å². The minimum atomic E-state index is -1.60. The molecule has 0 saturated heterocycles. The number of fused-ring (bicyclic) bond motifs is 1. The van der Waals surface area contributed by atoms with Gasteiger partial charge >= 0.3 is 7.12 Å². The van der Waals surface area contributed by atoms with Gasteiger partial charge < -0.3 is 20.5 Å². The zero-order chi connectivity index (χ0) is 16.0. The third-order valence-electron chi connectivity index (χ3n) is 3.64. The quantitative estimate of drug-likeness (QED) is 0.555. The highest BCUT2D eigenvalue weighted by molar-refractivity contribution is 6.58. The summed E-state index contributed by atoms with van der Waals surface area (Å²) in [7, 11) is -1.60. The van der Waals surface area contributed by atoms with Gasteiger partial charge in [0.05, 0.1) is 6.04 Å². The Morgan fingerprint density at radius 2 is 2.09 bits per heavy atom. The number of hydrogen-bond donors (Lipinski definition) is 3. The standard InChI is InChI=1S/C13H13BN6O3/c15-11-10-12(18-6-17-11)20(8-1-2-8)19-13(10)23-9-5-7(14(21)22)3-4-16-9/h3-6,8,21-22H,1-2H2,(H2,15,17,18). The summed E-state index contributed by atoms with van der Waals surface area (Å²) in [6.07, 6.45) is 4.88. The molecule has 1 aliphatic carbocycles. The van der Waals surface area contributed by atoms with E-state index in [4.69, 9.17) is 10.5 Å². The van der Waals surface area contributed by atoms with Gasteiger partial charge in [-0.15, -0.1) is 5.10 Å². The van der Waals surface area contributed by atoms with Crippen molar-refractivity contribution >= 4 is 29.4 Å². The van der Waals surface area contributed by atoms with E-state index in [0.717, 1.165) is 12.8 Å². The molecule has 0 unspecified atom stereocenters. The Balaban J connectivity index is 1.78. The second-order valence-electron chi connectivity index (χ2n) is 5.34. The molecule has 1 fully saturated rings. The maximum Gasteiger partial charge on any atom is 0.488 e. The average Bonchev–Trinajstić information content (AvgIpc) is 3.31. The van der Waals surface area contributed by atoms with E-state index in [-0.39, 0.29) is 23.0 Å².